The van der Waals surface area contributed by atoms with Crippen LogP contribution in [0.4, 0.5) is 0 Å². The van der Waals surface area contributed by atoms with Gasteiger partial charge in [-0.2, -0.15) is 0 Å². The van der Waals surface area contributed by atoms with Gasteiger partial charge in [0.2, 0.25) is 6.29 Å². The minimum absolute atomic E-state index is 0.191. The van der Waals surface area contributed by atoms with Crippen LogP contribution in [0.15, 0.2) is 12.3 Å². The zero-order valence-corrected chi connectivity index (χ0v) is 13.3. The molecule has 25 heavy (non-hydrogen) atoms. The van der Waals surface area contributed by atoms with Crippen molar-refractivity contribution in [3.05, 3.63) is 12.3 Å². The number of ether oxygens (including phenoxy) is 3. The molecule has 1 saturated carbocycles. The van der Waals surface area contributed by atoms with Gasteiger partial charge in [-0.1, -0.05) is 0 Å². The fraction of sp³-hybridized carbons (Fsp3) is 0.867. The summed E-state index contributed by atoms with van der Waals surface area (Å²) in [4.78, 5) is 0. The fourth-order valence-electron chi connectivity index (χ4n) is 3.78. The van der Waals surface area contributed by atoms with E-state index in [0.29, 0.717) is 0 Å². The number of aliphatic hydroxyl groups excluding tert-OH is 6. The van der Waals surface area contributed by atoms with Crippen LogP contribution >= 0.6 is 0 Å². The highest BCUT2D eigenvalue weighted by molar-refractivity contribution is 5.11. The summed E-state index contributed by atoms with van der Waals surface area (Å²) in [6.45, 7) is -1.33. The molecule has 2 fully saturated rings. The maximum absolute atomic E-state index is 10.6. The van der Waals surface area contributed by atoms with Crippen LogP contribution < -0.4 is 0 Å². The molecule has 0 unspecified atom stereocenters. The fourth-order valence-corrected chi connectivity index (χ4v) is 3.78. The molecule has 2 aliphatic heterocycles. The Labute approximate surface area is 143 Å². The molecule has 10 atom stereocenters. The molecule has 144 valence electrons. The van der Waals surface area contributed by atoms with Crippen molar-refractivity contribution in [1.82, 2.24) is 0 Å². The summed E-state index contributed by atoms with van der Waals surface area (Å²) in [6.07, 6.45) is -6.60. The summed E-state index contributed by atoms with van der Waals surface area (Å²) >= 11 is 0. The molecule has 1 aliphatic carbocycles. The summed E-state index contributed by atoms with van der Waals surface area (Å²) in [7, 11) is 0. The molecule has 0 aromatic carbocycles. The van der Waals surface area contributed by atoms with Crippen LogP contribution in [-0.4, -0.2) is 97.7 Å². The Morgan fingerprint density at radius 3 is 2.40 bits per heavy atom. The van der Waals surface area contributed by atoms with Gasteiger partial charge in [0.05, 0.1) is 31.5 Å². The van der Waals surface area contributed by atoms with Gasteiger partial charge in [0.25, 0.3) is 0 Å². The third-order valence-electron chi connectivity index (χ3n) is 5.31. The number of fused-ring (bicyclic) bond motifs is 1. The Kier molecular flexibility index (Phi) is 5.36. The first-order valence-electron chi connectivity index (χ1n) is 8.13. The van der Waals surface area contributed by atoms with E-state index in [1.165, 1.54) is 6.26 Å². The normalized spacial score (nSPS) is 52.7. The van der Waals surface area contributed by atoms with Gasteiger partial charge in [-0.25, -0.2) is 0 Å². The molecule has 0 spiro atoms. The van der Waals surface area contributed by atoms with E-state index in [4.69, 9.17) is 14.2 Å². The number of rotatable bonds is 4. The largest absolute Gasteiger partial charge is 0.472 e. The predicted molar refractivity (Wildman–Crippen MR) is 78.5 cm³/mol. The van der Waals surface area contributed by atoms with Crippen molar-refractivity contribution in [3.63, 3.8) is 0 Å². The maximum atomic E-state index is 10.6. The van der Waals surface area contributed by atoms with Crippen molar-refractivity contribution in [1.29, 1.82) is 0 Å². The lowest BCUT2D eigenvalue weighted by atomic mass is 9.84. The number of aliphatic hydroxyl groups is 7. The maximum Gasteiger partial charge on any atom is 0.208 e. The van der Waals surface area contributed by atoms with Gasteiger partial charge in [0.15, 0.2) is 6.29 Å². The van der Waals surface area contributed by atoms with E-state index in [1.807, 2.05) is 0 Å². The first-order valence-corrected chi connectivity index (χ1v) is 8.13. The second-order valence-corrected chi connectivity index (χ2v) is 6.76. The third-order valence-corrected chi connectivity index (χ3v) is 5.31. The minimum Gasteiger partial charge on any atom is -0.472 e. The van der Waals surface area contributed by atoms with Crippen LogP contribution in [0.1, 0.15) is 6.42 Å². The van der Waals surface area contributed by atoms with E-state index >= 15 is 0 Å². The smallest absolute Gasteiger partial charge is 0.208 e. The average Bonchev–Trinajstić information content (AvgIpc) is 2.87. The van der Waals surface area contributed by atoms with Gasteiger partial charge in [-0.3, -0.25) is 0 Å². The zero-order valence-electron chi connectivity index (χ0n) is 13.3. The molecule has 0 aromatic heterocycles. The van der Waals surface area contributed by atoms with Crippen LogP contribution in [0.25, 0.3) is 0 Å². The highest BCUT2D eigenvalue weighted by Crippen LogP contribution is 2.46. The van der Waals surface area contributed by atoms with E-state index in [9.17, 15) is 35.7 Å². The molecule has 0 aromatic rings. The monoisotopic (exact) mass is 364 g/mol. The zero-order chi connectivity index (χ0) is 18.4. The summed E-state index contributed by atoms with van der Waals surface area (Å²) in [6, 6.07) is 0. The highest BCUT2D eigenvalue weighted by Gasteiger charge is 2.59. The molecule has 2 heterocycles. The first kappa shape index (κ1) is 19.0. The lowest BCUT2D eigenvalue weighted by molar-refractivity contribution is -0.348. The molecular weight excluding hydrogens is 340 g/mol. The van der Waals surface area contributed by atoms with Gasteiger partial charge in [-0.15, -0.1) is 0 Å². The lowest BCUT2D eigenvalue weighted by Crippen LogP contribution is -2.61. The SMILES string of the molecule is OC[C@H]1O[C@@H](O[C@@H]2OC=C[C@@H]3C[C@@H](O)[C@@](O)(CO)[C@@H]23)[C@H](O)[C@@H](O)[C@H]1O. The summed E-state index contributed by atoms with van der Waals surface area (Å²) in [5.41, 5.74) is -1.87. The van der Waals surface area contributed by atoms with E-state index in [-0.39, 0.29) is 12.3 Å². The van der Waals surface area contributed by atoms with Crippen molar-refractivity contribution in [2.75, 3.05) is 13.2 Å². The average molecular weight is 364 g/mol. The molecule has 10 nitrogen and oxygen atoms in total. The molecule has 1 saturated heterocycles. The van der Waals surface area contributed by atoms with Gasteiger partial charge in [-0.05, 0) is 18.4 Å². The summed E-state index contributed by atoms with van der Waals surface area (Å²) in [5, 5.41) is 69.1. The van der Waals surface area contributed by atoms with Crippen LogP contribution in [0.5, 0.6) is 0 Å². The molecule has 0 bridgehead atoms. The van der Waals surface area contributed by atoms with Crippen molar-refractivity contribution < 1.29 is 50.0 Å². The standard InChI is InChI=1S/C15H24O10/c16-4-7-10(19)11(20)12(21)14(24-7)25-13-9-6(1-2-23-13)3-8(18)15(9,22)5-17/h1-2,6-14,16-22H,3-5H2/t6-,7-,8-,9-,10+,11+,12-,13+,14+,15+/m1/s1. The van der Waals surface area contributed by atoms with Crippen LogP contribution in [0.3, 0.4) is 0 Å². The summed E-state index contributed by atoms with van der Waals surface area (Å²) < 4.78 is 16.1. The van der Waals surface area contributed by atoms with E-state index < -0.39 is 67.8 Å². The van der Waals surface area contributed by atoms with Crippen molar-refractivity contribution in [3.8, 4) is 0 Å². The van der Waals surface area contributed by atoms with Gasteiger partial charge >= 0.3 is 0 Å². The highest BCUT2D eigenvalue weighted by atomic mass is 16.8. The molecule has 0 radical (unpaired) electrons. The van der Waals surface area contributed by atoms with E-state index in [1.54, 1.807) is 6.08 Å². The topological polar surface area (TPSA) is 169 Å². The molecular formula is C15H24O10. The Bertz CT molecular complexity index is 499. The van der Waals surface area contributed by atoms with Gasteiger partial charge < -0.3 is 50.0 Å². The summed E-state index contributed by atoms with van der Waals surface area (Å²) in [5.74, 6) is -1.18. The van der Waals surface area contributed by atoms with Crippen molar-refractivity contribution in [2.24, 2.45) is 11.8 Å². The van der Waals surface area contributed by atoms with E-state index in [2.05, 4.69) is 0 Å². The van der Waals surface area contributed by atoms with Gasteiger partial charge in [0.1, 0.15) is 30.0 Å². The van der Waals surface area contributed by atoms with E-state index in [0.717, 1.165) is 0 Å². The van der Waals surface area contributed by atoms with Crippen LogP contribution in [0, 0.1) is 11.8 Å². The Hall–Kier alpha value is -0.820. The quantitative estimate of drug-likeness (QED) is 0.264. The molecule has 10 heteroatoms. The van der Waals surface area contributed by atoms with Gasteiger partial charge in [0, 0.05) is 0 Å². The lowest BCUT2D eigenvalue weighted by Gasteiger charge is -2.44. The minimum atomic E-state index is -1.87. The number of hydrogen-bond donors (Lipinski definition) is 7. The Balaban J connectivity index is 1.78. The first-order chi connectivity index (χ1) is 11.8. The molecule has 0 amide bonds. The molecule has 7 N–H and O–H groups in total. The second kappa shape index (κ2) is 7.06. The second-order valence-electron chi connectivity index (χ2n) is 6.76. The van der Waals surface area contributed by atoms with Crippen molar-refractivity contribution >= 4 is 0 Å². The predicted octanol–water partition coefficient (Wildman–Crippen LogP) is -3.61. The molecule has 3 aliphatic rings. The molecule has 3 rings (SSSR count). The van der Waals surface area contributed by atoms with Crippen LogP contribution in [0.2, 0.25) is 0 Å². The third kappa shape index (κ3) is 3.07. The number of allylic oxidation sites excluding steroid dienone is 1. The number of hydrogen-bond acceptors (Lipinski definition) is 10. The van der Waals surface area contributed by atoms with Crippen LogP contribution in [-0.2, 0) is 14.2 Å². The Morgan fingerprint density at radius 2 is 1.76 bits per heavy atom. The Morgan fingerprint density at radius 1 is 1.04 bits per heavy atom. The van der Waals surface area contributed by atoms with Crippen molar-refractivity contribution in [2.45, 2.75) is 55.1 Å².